The number of aliphatic imine (C=N–C) groups is 1. The molecule has 1 atom stereocenters. The van der Waals surface area contributed by atoms with E-state index in [1.165, 1.54) is 28.1 Å². The molecule has 0 aliphatic carbocycles. The maximum atomic E-state index is 4.83. The SMILES string of the molecule is C=C(C)CC1=CCCC(c2ccc([C@H](C)C(C)(C)C)cc2)=N1. The van der Waals surface area contributed by atoms with Gasteiger partial charge in [0.05, 0.1) is 0 Å². The summed E-state index contributed by atoms with van der Waals surface area (Å²) in [6, 6.07) is 9.01. The Morgan fingerprint density at radius 2 is 1.86 bits per heavy atom. The van der Waals surface area contributed by atoms with Gasteiger partial charge in [-0.1, -0.05) is 70.2 Å². The summed E-state index contributed by atoms with van der Waals surface area (Å²) < 4.78 is 0. The third-order valence-electron chi connectivity index (χ3n) is 4.57. The molecule has 118 valence electrons. The fourth-order valence-corrected chi connectivity index (χ4v) is 2.74. The minimum Gasteiger partial charge on any atom is -0.257 e. The minimum absolute atomic E-state index is 0.293. The predicted octanol–water partition coefficient (Wildman–Crippen LogP) is 6.27. The van der Waals surface area contributed by atoms with Gasteiger partial charge in [-0.15, -0.1) is 0 Å². The van der Waals surface area contributed by atoms with E-state index in [1.807, 2.05) is 0 Å². The van der Waals surface area contributed by atoms with Crippen molar-refractivity contribution in [2.75, 3.05) is 0 Å². The summed E-state index contributed by atoms with van der Waals surface area (Å²) >= 11 is 0. The number of benzene rings is 1. The number of hydrogen-bond acceptors (Lipinski definition) is 1. The van der Waals surface area contributed by atoms with E-state index in [2.05, 4.69) is 71.5 Å². The molecule has 0 amide bonds. The lowest BCUT2D eigenvalue weighted by molar-refractivity contribution is 0.339. The Labute approximate surface area is 135 Å². The van der Waals surface area contributed by atoms with Crippen molar-refractivity contribution in [3.05, 3.63) is 59.3 Å². The van der Waals surface area contributed by atoms with Crippen LogP contribution in [-0.2, 0) is 0 Å². The van der Waals surface area contributed by atoms with E-state index >= 15 is 0 Å². The largest absolute Gasteiger partial charge is 0.257 e. The van der Waals surface area contributed by atoms with Crippen LogP contribution in [0, 0.1) is 5.41 Å². The highest BCUT2D eigenvalue weighted by atomic mass is 14.8. The molecule has 1 heteroatoms. The zero-order valence-electron chi connectivity index (χ0n) is 14.7. The smallest absolute Gasteiger partial charge is 0.0482 e. The molecule has 0 saturated heterocycles. The highest BCUT2D eigenvalue weighted by molar-refractivity contribution is 6.01. The molecule has 1 aromatic rings. The Bertz CT molecular complexity index is 594. The van der Waals surface area contributed by atoms with Crippen LogP contribution in [0.25, 0.3) is 0 Å². The van der Waals surface area contributed by atoms with Gasteiger partial charge in [0.15, 0.2) is 0 Å². The van der Waals surface area contributed by atoms with Gasteiger partial charge in [0, 0.05) is 17.8 Å². The van der Waals surface area contributed by atoms with E-state index in [-0.39, 0.29) is 0 Å². The normalized spacial score (nSPS) is 16.8. The number of allylic oxidation sites excluding steroid dienone is 2. The molecule has 2 rings (SSSR count). The lowest BCUT2D eigenvalue weighted by Gasteiger charge is -2.27. The molecule has 1 heterocycles. The molecule has 0 bridgehead atoms. The van der Waals surface area contributed by atoms with Crippen LogP contribution in [0.3, 0.4) is 0 Å². The van der Waals surface area contributed by atoms with Gasteiger partial charge in [-0.2, -0.15) is 0 Å². The van der Waals surface area contributed by atoms with Crippen molar-refractivity contribution < 1.29 is 0 Å². The summed E-state index contributed by atoms with van der Waals surface area (Å²) in [5, 5.41) is 0. The molecule has 1 aliphatic rings. The Hall–Kier alpha value is -1.63. The van der Waals surface area contributed by atoms with E-state index in [0.717, 1.165) is 19.3 Å². The van der Waals surface area contributed by atoms with Crippen LogP contribution in [0.2, 0.25) is 0 Å². The van der Waals surface area contributed by atoms with E-state index in [1.54, 1.807) is 0 Å². The first-order valence-electron chi connectivity index (χ1n) is 8.28. The van der Waals surface area contributed by atoms with Crippen LogP contribution >= 0.6 is 0 Å². The maximum Gasteiger partial charge on any atom is 0.0482 e. The molecule has 0 saturated carbocycles. The van der Waals surface area contributed by atoms with Crippen LogP contribution in [0.15, 0.2) is 53.2 Å². The van der Waals surface area contributed by atoms with Crippen LogP contribution in [0.1, 0.15) is 70.9 Å². The number of rotatable bonds is 4. The van der Waals surface area contributed by atoms with Gasteiger partial charge >= 0.3 is 0 Å². The summed E-state index contributed by atoms with van der Waals surface area (Å²) in [5.74, 6) is 0.550. The summed E-state index contributed by atoms with van der Waals surface area (Å²) in [6.07, 6.45) is 5.26. The second kappa shape index (κ2) is 6.64. The molecule has 22 heavy (non-hydrogen) atoms. The van der Waals surface area contributed by atoms with Crippen molar-refractivity contribution in [1.29, 1.82) is 0 Å². The Balaban J connectivity index is 2.19. The molecule has 0 radical (unpaired) electrons. The van der Waals surface area contributed by atoms with Gasteiger partial charge in [-0.3, -0.25) is 4.99 Å². The fourth-order valence-electron chi connectivity index (χ4n) is 2.74. The molecule has 0 N–H and O–H groups in total. The van der Waals surface area contributed by atoms with Crippen molar-refractivity contribution in [3.8, 4) is 0 Å². The van der Waals surface area contributed by atoms with Crippen molar-refractivity contribution >= 4 is 5.71 Å². The molecular weight excluding hydrogens is 266 g/mol. The lowest BCUT2D eigenvalue weighted by atomic mass is 9.77. The molecule has 0 fully saturated rings. The molecular formula is C21H29N. The molecule has 0 aromatic heterocycles. The molecule has 0 unspecified atom stereocenters. The van der Waals surface area contributed by atoms with E-state index in [4.69, 9.17) is 4.99 Å². The van der Waals surface area contributed by atoms with Gasteiger partial charge < -0.3 is 0 Å². The maximum absolute atomic E-state index is 4.83. The van der Waals surface area contributed by atoms with Gasteiger partial charge in [-0.25, -0.2) is 0 Å². The highest BCUT2D eigenvalue weighted by Crippen LogP contribution is 2.34. The van der Waals surface area contributed by atoms with Gasteiger partial charge in [0.2, 0.25) is 0 Å². The average Bonchev–Trinajstić information content (AvgIpc) is 2.45. The van der Waals surface area contributed by atoms with Crippen LogP contribution < -0.4 is 0 Å². The Kier molecular flexibility index (Phi) is 5.05. The quantitative estimate of drug-likeness (QED) is 0.580. The number of hydrogen-bond donors (Lipinski definition) is 0. The van der Waals surface area contributed by atoms with E-state index in [0.29, 0.717) is 11.3 Å². The lowest BCUT2D eigenvalue weighted by Crippen LogP contribution is -2.15. The van der Waals surface area contributed by atoms with Crippen LogP contribution in [0.5, 0.6) is 0 Å². The highest BCUT2D eigenvalue weighted by Gasteiger charge is 2.21. The van der Waals surface area contributed by atoms with Crippen LogP contribution in [0.4, 0.5) is 0 Å². The van der Waals surface area contributed by atoms with Crippen molar-refractivity contribution in [2.24, 2.45) is 10.4 Å². The summed E-state index contributed by atoms with van der Waals surface area (Å²) in [7, 11) is 0. The fraction of sp³-hybridized carbons (Fsp3) is 0.476. The first kappa shape index (κ1) is 16.7. The first-order valence-corrected chi connectivity index (χ1v) is 8.28. The predicted molar refractivity (Wildman–Crippen MR) is 97.6 cm³/mol. The zero-order chi connectivity index (χ0) is 16.3. The Morgan fingerprint density at radius 3 is 2.41 bits per heavy atom. The summed E-state index contributed by atoms with van der Waals surface area (Å²) in [4.78, 5) is 4.83. The molecule has 1 aromatic carbocycles. The van der Waals surface area contributed by atoms with Crippen molar-refractivity contribution in [3.63, 3.8) is 0 Å². The minimum atomic E-state index is 0.293. The third kappa shape index (κ3) is 4.19. The standard InChI is InChI=1S/C21H29N/c1-15(2)14-19-8-7-9-20(22-19)18-12-10-17(11-13-18)16(3)21(4,5)6/h8,10-13,16H,1,7,9,14H2,2-6H3/t16-/m0/s1. The average molecular weight is 295 g/mol. The van der Waals surface area contributed by atoms with Crippen molar-refractivity contribution in [2.45, 2.75) is 59.8 Å². The van der Waals surface area contributed by atoms with Gasteiger partial charge in [0.1, 0.15) is 0 Å². The molecule has 0 spiro atoms. The first-order chi connectivity index (χ1) is 10.3. The zero-order valence-corrected chi connectivity index (χ0v) is 14.7. The third-order valence-corrected chi connectivity index (χ3v) is 4.57. The van der Waals surface area contributed by atoms with E-state index < -0.39 is 0 Å². The van der Waals surface area contributed by atoms with Gasteiger partial charge in [0.25, 0.3) is 0 Å². The van der Waals surface area contributed by atoms with Gasteiger partial charge in [-0.05, 0) is 42.2 Å². The number of nitrogens with zero attached hydrogens (tertiary/aromatic N) is 1. The van der Waals surface area contributed by atoms with Crippen LogP contribution in [-0.4, -0.2) is 5.71 Å². The summed E-state index contributed by atoms with van der Waals surface area (Å²) in [5.41, 5.74) is 6.52. The molecule has 1 nitrogen and oxygen atoms in total. The summed E-state index contributed by atoms with van der Waals surface area (Å²) in [6.45, 7) is 15.3. The topological polar surface area (TPSA) is 12.4 Å². The monoisotopic (exact) mass is 295 g/mol. The molecule has 1 aliphatic heterocycles. The second-order valence-corrected chi connectivity index (χ2v) is 7.64. The van der Waals surface area contributed by atoms with Crippen molar-refractivity contribution in [1.82, 2.24) is 0 Å². The van der Waals surface area contributed by atoms with E-state index in [9.17, 15) is 0 Å². The second-order valence-electron chi connectivity index (χ2n) is 7.64. The Morgan fingerprint density at radius 1 is 1.23 bits per heavy atom.